The van der Waals surface area contributed by atoms with E-state index in [9.17, 15) is 9.59 Å². The van der Waals surface area contributed by atoms with Gasteiger partial charge in [0.1, 0.15) is 6.04 Å². The first kappa shape index (κ1) is 16.7. The molecule has 1 unspecified atom stereocenters. The zero-order chi connectivity index (χ0) is 16.7. The topological polar surface area (TPSA) is 97.0 Å². The van der Waals surface area contributed by atoms with Crippen LogP contribution in [0.4, 0.5) is 0 Å². The van der Waals surface area contributed by atoms with Gasteiger partial charge in [-0.25, -0.2) is 9.78 Å². The number of nitrogens with one attached hydrogen (secondary N) is 2. The van der Waals surface area contributed by atoms with Crippen molar-refractivity contribution in [2.75, 3.05) is 0 Å². The van der Waals surface area contributed by atoms with Crippen LogP contribution < -0.4 is 5.32 Å². The number of rotatable bonds is 7. The van der Waals surface area contributed by atoms with Crippen molar-refractivity contribution in [2.45, 2.75) is 38.8 Å². The summed E-state index contributed by atoms with van der Waals surface area (Å²) in [5.74, 6) is -0.811. The lowest BCUT2D eigenvalue weighted by atomic mass is 10.1. The maximum Gasteiger partial charge on any atom is 0.329 e. The molecule has 0 aliphatic heterocycles. The number of hydrogen-bond donors (Lipinski definition) is 2. The molecule has 0 spiro atoms. The van der Waals surface area contributed by atoms with E-state index in [1.165, 1.54) is 18.7 Å². The maximum absolute atomic E-state index is 12.3. The van der Waals surface area contributed by atoms with Gasteiger partial charge in [0, 0.05) is 36.3 Å². The predicted octanol–water partition coefficient (Wildman–Crippen LogP) is 1.49. The number of imidazole rings is 1. The summed E-state index contributed by atoms with van der Waals surface area (Å²) in [5.41, 5.74) is 1.18. The Hall–Kier alpha value is -2.70. The van der Waals surface area contributed by atoms with Crippen LogP contribution in [0.15, 0.2) is 37.1 Å². The third-order valence-electron chi connectivity index (χ3n) is 3.40. The van der Waals surface area contributed by atoms with Crippen LogP contribution in [0.3, 0.4) is 0 Å². The van der Waals surface area contributed by atoms with E-state index in [0.717, 1.165) is 5.69 Å². The van der Waals surface area contributed by atoms with E-state index in [0.29, 0.717) is 12.0 Å². The second-order valence-electron chi connectivity index (χ2n) is 5.20. The van der Waals surface area contributed by atoms with Gasteiger partial charge in [-0.3, -0.25) is 9.78 Å². The van der Waals surface area contributed by atoms with Crippen molar-refractivity contribution in [1.82, 2.24) is 20.3 Å². The number of H-pyrrole nitrogens is 1. The highest BCUT2D eigenvalue weighted by Gasteiger charge is 2.25. The van der Waals surface area contributed by atoms with Gasteiger partial charge in [0.25, 0.3) is 5.91 Å². The molecule has 23 heavy (non-hydrogen) atoms. The van der Waals surface area contributed by atoms with Crippen molar-refractivity contribution in [1.29, 1.82) is 0 Å². The summed E-state index contributed by atoms with van der Waals surface area (Å²) in [6, 6.07) is 2.38. The molecule has 1 amide bonds. The quantitative estimate of drug-likeness (QED) is 0.754. The number of hydrogen-bond acceptors (Lipinski definition) is 5. The summed E-state index contributed by atoms with van der Waals surface area (Å²) in [6.07, 6.45) is 6.98. The fourth-order valence-corrected chi connectivity index (χ4v) is 1.92. The molecule has 0 saturated heterocycles. The van der Waals surface area contributed by atoms with Gasteiger partial charge in [0.15, 0.2) is 0 Å². The second-order valence-corrected chi connectivity index (χ2v) is 5.20. The van der Waals surface area contributed by atoms with E-state index >= 15 is 0 Å². The normalized spacial score (nSPS) is 13.1. The number of aromatic nitrogens is 3. The van der Waals surface area contributed by atoms with Crippen molar-refractivity contribution in [3.05, 3.63) is 48.3 Å². The van der Waals surface area contributed by atoms with Crippen molar-refractivity contribution >= 4 is 11.9 Å². The Balaban J connectivity index is 2.09. The van der Waals surface area contributed by atoms with E-state index in [1.807, 2.05) is 13.8 Å². The number of aromatic amines is 1. The Bertz CT molecular complexity index is 628. The molecular formula is C16H20N4O3. The number of pyridine rings is 1. The van der Waals surface area contributed by atoms with Crippen LogP contribution >= 0.6 is 0 Å². The highest BCUT2D eigenvalue weighted by Crippen LogP contribution is 2.06. The monoisotopic (exact) mass is 316 g/mol. The smallest absolute Gasteiger partial charge is 0.329 e. The van der Waals surface area contributed by atoms with Crippen molar-refractivity contribution < 1.29 is 14.3 Å². The molecule has 0 aromatic carbocycles. The molecular weight excluding hydrogens is 296 g/mol. The van der Waals surface area contributed by atoms with E-state index in [2.05, 4.69) is 20.3 Å². The molecule has 2 aromatic heterocycles. The first-order valence-electron chi connectivity index (χ1n) is 7.48. The third kappa shape index (κ3) is 4.91. The van der Waals surface area contributed by atoms with E-state index in [1.54, 1.807) is 18.3 Å². The highest BCUT2D eigenvalue weighted by molar-refractivity contribution is 5.96. The lowest BCUT2D eigenvalue weighted by Crippen LogP contribution is -2.44. The molecule has 0 bridgehead atoms. The number of amides is 1. The largest absolute Gasteiger partial charge is 0.461 e. The molecule has 7 nitrogen and oxygen atoms in total. The Labute approximate surface area is 134 Å². The minimum absolute atomic E-state index is 0.204. The molecule has 0 fully saturated rings. The zero-order valence-corrected chi connectivity index (χ0v) is 13.2. The fraction of sp³-hybridized carbons (Fsp3) is 0.375. The zero-order valence-electron chi connectivity index (χ0n) is 13.2. The van der Waals surface area contributed by atoms with E-state index in [-0.39, 0.29) is 18.4 Å². The number of esters is 1. The molecule has 0 aliphatic rings. The van der Waals surface area contributed by atoms with Crippen LogP contribution in [-0.4, -0.2) is 39.0 Å². The van der Waals surface area contributed by atoms with Gasteiger partial charge < -0.3 is 15.0 Å². The maximum atomic E-state index is 12.3. The number of carbonyl (C=O) groups is 2. The van der Waals surface area contributed by atoms with E-state index < -0.39 is 12.0 Å². The molecule has 0 saturated carbocycles. The number of carbonyl (C=O) groups excluding carboxylic acids is 2. The van der Waals surface area contributed by atoms with Crippen LogP contribution in [0.2, 0.25) is 0 Å². The Kier molecular flexibility index (Phi) is 5.85. The van der Waals surface area contributed by atoms with Crippen molar-refractivity contribution in [2.24, 2.45) is 0 Å². The summed E-state index contributed by atoms with van der Waals surface area (Å²) in [7, 11) is 0. The number of ether oxygens (including phenoxy) is 1. The molecule has 2 N–H and O–H groups in total. The van der Waals surface area contributed by atoms with Gasteiger partial charge in [-0.2, -0.15) is 0 Å². The van der Waals surface area contributed by atoms with Gasteiger partial charge in [-0.15, -0.1) is 0 Å². The minimum Gasteiger partial charge on any atom is -0.461 e. The summed E-state index contributed by atoms with van der Waals surface area (Å²) in [6.45, 7) is 3.74. The lowest BCUT2D eigenvalue weighted by Gasteiger charge is -2.19. The van der Waals surface area contributed by atoms with Gasteiger partial charge in [-0.05, 0) is 25.5 Å². The fourth-order valence-electron chi connectivity index (χ4n) is 1.92. The molecule has 7 heteroatoms. The summed E-state index contributed by atoms with van der Waals surface area (Å²) in [5, 5.41) is 2.71. The molecule has 2 heterocycles. The third-order valence-corrected chi connectivity index (χ3v) is 3.40. The van der Waals surface area contributed by atoms with Crippen LogP contribution in [0.25, 0.3) is 0 Å². The molecule has 122 valence electrons. The van der Waals surface area contributed by atoms with Crippen molar-refractivity contribution in [3.8, 4) is 0 Å². The first-order valence-corrected chi connectivity index (χ1v) is 7.48. The van der Waals surface area contributed by atoms with Crippen LogP contribution in [-0.2, 0) is 16.0 Å². The Morgan fingerprint density at radius 1 is 1.30 bits per heavy atom. The highest BCUT2D eigenvalue weighted by atomic mass is 16.5. The molecule has 0 radical (unpaired) electrons. The standard InChI is InChI=1S/C16H20N4O3/c1-3-11(2)23-16(22)14(8-13-9-18-10-19-13)20-15(21)12-4-6-17-7-5-12/h4-7,9-11,14H,3,8H2,1-2H3,(H,18,19)(H,20,21)/t11?,14-/m1/s1. The SMILES string of the molecule is CCC(C)OC(=O)[C@@H](Cc1cnc[nH]1)NC(=O)c1ccncc1. The summed E-state index contributed by atoms with van der Waals surface area (Å²) < 4.78 is 5.35. The summed E-state index contributed by atoms with van der Waals surface area (Å²) >= 11 is 0. The average molecular weight is 316 g/mol. The average Bonchev–Trinajstić information content (AvgIpc) is 3.07. The predicted molar refractivity (Wildman–Crippen MR) is 83.6 cm³/mol. The number of nitrogens with zero attached hydrogens (tertiary/aromatic N) is 2. The molecule has 0 aliphatic carbocycles. The lowest BCUT2D eigenvalue weighted by molar-refractivity contribution is -0.150. The second kappa shape index (κ2) is 8.07. The molecule has 2 atom stereocenters. The van der Waals surface area contributed by atoms with Crippen LogP contribution in [0.5, 0.6) is 0 Å². The molecule has 2 rings (SSSR count). The molecule has 2 aromatic rings. The Morgan fingerprint density at radius 2 is 2.04 bits per heavy atom. The van der Waals surface area contributed by atoms with Gasteiger partial charge in [-0.1, -0.05) is 6.92 Å². The van der Waals surface area contributed by atoms with Gasteiger partial charge in [0.05, 0.1) is 12.4 Å². The minimum atomic E-state index is -0.787. The Morgan fingerprint density at radius 3 is 2.65 bits per heavy atom. The van der Waals surface area contributed by atoms with Crippen LogP contribution in [0.1, 0.15) is 36.3 Å². The van der Waals surface area contributed by atoms with Crippen molar-refractivity contribution in [3.63, 3.8) is 0 Å². The van der Waals surface area contributed by atoms with E-state index in [4.69, 9.17) is 4.74 Å². The van der Waals surface area contributed by atoms with Gasteiger partial charge in [0.2, 0.25) is 0 Å². The first-order chi connectivity index (χ1) is 11.1. The summed E-state index contributed by atoms with van der Waals surface area (Å²) in [4.78, 5) is 35.3. The van der Waals surface area contributed by atoms with Crippen LogP contribution in [0, 0.1) is 0 Å². The van der Waals surface area contributed by atoms with Gasteiger partial charge >= 0.3 is 5.97 Å².